The van der Waals surface area contributed by atoms with Gasteiger partial charge in [-0.2, -0.15) is 0 Å². The van der Waals surface area contributed by atoms with Crippen molar-refractivity contribution in [1.82, 2.24) is 0 Å². The van der Waals surface area contributed by atoms with Gasteiger partial charge in [-0.25, -0.2) is 4.39 Å². The third-order valence-electron chi connectivity index (χ3n) is 4.49. The van der Waals surface area contributed by atoms with Gasteiger partial charge in [-0.1, -0.05) is 36.4 Å². The van der Waals surface area contributed by atoms with Gasteiger partial charge in [0, 0.05) is 16.8 Å². The molecule has 0 bridgehead atoms. The van der Waals surface area contributed by atoms with Crippen molar-refractivity contribution < 1.29 is 18.7 Å². The van der Waals surface area contributed by atoms with Gasteiger partial charge in [-0.05, 0) is 47.5 Å². The molecule has 1 heterocycles. The van der Waals surface area contributed by atoms with Crippen molar-refractivity contribution in [1.29, 1.82) is 0 Å². The van der Waals surface area contributed by atoms with Crippen molar-refractivity contribution in [2.75, 3.05) is 12.4 Å². The number of methoxy groups -OCH3 is 1. The predicted molar refractivity (Wildman–Crippen MR) is 107 cm³/mol. The zero-order valence-corrected chi connectivity index (χ0v) is 15.2. The zero-order chi connectivity index (χ0) is 19.5. The Bertz CT molecular complexity index is 1070. The smallest absolute Gasteiger partial charge is 0.256 e. The number of halogens is 1. The molecule has 0 saturated heterocycles. The molecule has 0 aliphatic carbocycles. The lowest BCUT2D eigenvalue weighted by Gasteiger charge is -2.12. The van der Waals surface area contributed by atoms with E-state index >= 15 is 0 Å². The largest absolute Gasteiger partial charge is 0.493 e. The van der Waals surface area contributed by atoms with Crippen LogP contribution in [0, 0.1) is 5.82 Å². The molecule has 1 N–H and O–H groups in total. The van der Waals surface area contributed by atoms with E-state index in [0.717, 1.165) is 22.4 Å². The molecule has 1 aliphatic heterocycles. The summed E-state index contributed by atoms with van der Waals surface area (Å²) in [6.07, 6.45) is 1.82. The van der Waals surface area contributed by atoms with Gasteiger partial charge >= 0.3 is 0 Å². The monoisotopic (exact) mass is 375 g/mol. The normalized spacial score (nSPS) is 13.9. The van der Waals surface area contributed by atoms with E-state index in [1.165, 1.54) is 12.1 Å². The molecule has 0 atom stereocenters. The first-order valence-corrected chi connectivity index (χ1v) is 8.82. The summed E-state index contributed by atoms with van der Waals surface area (Å²) in [5, 5.41) is 2.86. The van der Waals surface area contributed by atoms with Gasteiger partial charge in [0.2, 0.25) is 0 Å². The van der Waals surface area contributed by atoms with E-state index in [0.29, 0.717) is 17.1 Å². The number of fused-ring (bicyclic) bond motifs is 1. The van der Waals surface area contributed by atoms with Gasteiger partial charge in [0.05, 0.1) is 7.11 Å². The van der Waals surface area contributed by atoms with Crippen LogP contribution in [0.25, 0.3) is 11.6 Å². The Labute approximate surface area is 162 Å². The quantitative estimate of drug-likeness (QED) is 0.645. The number of amides is 1. The SMILES string of the molecule is COc1cc(/C=C2\C(=O)Nc3ccccc32)ccc1OCc1cccc(F)c1. The number of para-hydroxylation sites is 1. The summed E-state index contributed by atoms with van der Waals surface area (Å²) in [5.41, 5.74) is 3.83. The topological polar surface area (TPSA) is 47.6 Å². The average Bonchev–Trinajstić information content (AvgIpc) is 3.02. The number of rotatable bonds is 5. The van der Waals surface area contributed by atoms with Crippen molar-refractivity contribution in [2.24, 2.45) is 0 Å². The number of hydrogen-bond acceptors (Lipinski definition) is 3. The Morgan fingerprint density at radius 3 is 2.68 bits per heavy atom. The Morgan fingerprint density at radius 1 is 1.00 bits per heavy atom. The summed E-state index contributed by atoms with van der Waals surface area (Å²) in [6, 6.07) is 19.3. The fourth-order valence-corrected chi connectivity index (χ4v) is 3.13. The van der Waals surface area contributed by atoms with Crippen LogP contribution in [-0.4, -0.2) is 13.0 Å². The third-order valence-corrected chi connectivity index (χ3v) is 4.49. The molecule has 0 aromatic heterocycles. The molecule has 140 valence electrons. The Hall–Kier alpha value is -3.60. The molecule has 4 rings (SSSR count). The second-order valence-corrected chi connectivity index (χ2v) is 6.39. The summed E-state index contributed by atoms with van der Waals surface area (Å²) in [5.74, 6) is 0.652. The van der Waals surface area contributed by atoms with Crippen molar-refractivity contribution in [3.63, 3.8) is 0 Å². The van der Waals surface area contributed by atoms with Crippen molar-refractivity contribution in [3.8, 4) is 11.5 Å². The summed E-state index contributed by atoms with van der Waals surface area (Å²) in [7, 11) is 1.55. The van der Waals surface area contributed by atoms with Crippen LogP contribution >= 0.6 is 0 Å². The Balaban J connectivity index is 1.58. The lowest BCUT2D eigenvalue weighted by atomic mass is 10.0. The Kier molecular flexibility index (Phi) is 4.81. The van der Waals surface area contributed by atoms with E-state index < -0.39 is 0 Å². The van der Waals surface area contributed by atoms with Crippen LogP contribution in [0.1, 0.15) is 16.7 Å². The highest BCUT2D eigenvalue weighted by molar-refractivity contribution is 6.34. The molecule has 3 aromatic rings. The second kappa shape index (κ2) is 7.56. The van der Waals surface area contributed by atoms with Crippen LogP contribution in [0.5, 0.6) is 11.5 Å². The molecular formula is C23H18FNO3. The number of carbonyl (C=O) groups is 1. The highest BCUT2D eigenvalue weighted by Crippen LogP contribution is 2.35. The molecule has 0 spiro atoms. The summed E-state index contributed by atoms with van der Waals surface area (Å²) in [4.78, 5) is 12.3. The molecular weight excluding hydrogens is 357 g/mol. The van der Waals surface area contributed by atoms with Crippen molar-refractivity contribution in [2.45, 2.75) is 6.61 Å². The summed E-state index contributed by atoms with van der Waals surface area (Å²) >= 11 is 0. The average molecular weight is 375 g/mol. The number of hydrogen-bond donors (Lipinski definition) is 1. The van der Waals surface area contributed by atoms with E-state index in [-0.39, 0.29) is 18.3 Å². The minimum absolute atomic E-state index is 0.133. The number of anilines is 1. The van der Waals surface area contributed by atoms with Crippen molar-refractivity contribution in [3.05, 3.63) is 89.2 Å². The lowest BCUT2D eigenvalue weighted by molar-refractivity contribution is -0.110. The molecule has 4 nitrogen and oxygen atoms in total. The first-order valence-electron chi connectivity index (χ1n) is 8.82. The maximum atomic E-state index is 13.3. The lowest BCUT2D eigenvalue weighted by Crippen LogP contribution is -2.03. The highest BCUT2D eigenvalue weighted by Gasteiger charge is 2.23. The Morgan fingerprint density at radius 2 is 1.86 bits per heavy atom. The van der Waals surface area contributed by atoms with E-state index in [2.05, 4.69) is 5.32 Å². The molecule has 0 radical (unpaired) electrons. The van der Waals surface area contributed by atoms with Crippen LogP contribution in [0.3, 0.4) is 0 Å². The molecule has 1 amide bonds. The molecule has 0 unspecified atom stereocenters. The zero-order valence-electron chi connectivity index (χ0n) is 15.2. The predicted octanol–water partition coefficient (Wildman–Crippen LogP) is 4.91. The van der Waals surface area contributed by atoms with E-state index in [4.69, 9.17) is 9.47 Å². The molecule has 1 aliphatic rings. The van der Waals surface area contributed by atoms with Crippen LogP contribution in [0.2, 0.25) is 0 Å². The molecule has 5 heteroatoms. The van der Waals surface area contributed by atoms with Gasteiger partial charge < -0.3 is 14.8 Å². The van der Waals surface area contributed by atoms with E-state index in [1.54, 1.807) is 25.3 Å². The van der Waals surface area contributed by atoms with Gasteiger partial charge in [0.15, 0.2) is 11.5 Å². The number of nitrogens with one attached hydrogen (secondary N) is 1. The highest BCUT2D eigenvalue weighted by atomic mass is 19.1. The molecule has 3 aromatic carbocycles. The minimum atomic E-state index is -0.301. The van der Waals surface area contributed by atoms with Crippen LogP contribution in [0.15, 0.2) is 66.7 Å². The second-order valence-electron chi connectivity index (χ2n) is 6.39. The van der Waals surface area contributed by atoms with Gasteiger partial charge in [0.25, 0.3) is 5.91 Å². The van der Waals surface area contributed by atoms with E-state index in [9.17, 15) is 9.18 Å². The van der Waals surface area contributed by atoms with Crippen LogP contribution in [-0.2, 0) is 11.4 Å². The number of carbonyl (C=O) groups excluding carboxylic acids is 1. The summed E-state index contributed by atoms with van der Waals surface area (Å²) < 4.78 is 24.5. The first kappa shape index (κ1) is 17.8. The molecule has 0 saturated carbocycles. The maximum Gasteiger partial charge on any atom is 0.256 e. The van der Waals surface area contributed by atoms with Crippen LogP contribution < -0.4 is 14.8 Å². The standard InChI is InChI=1S/C23H18FNO3/c1-27-22-13-15(12-19-18-7-2-3-8-20(18)25-23(19)26)9-10-21(22)28-14-16-5-4-6-17(24)11-16/h2-13H,14H2,1H3,(H,25,26)/b19-12-. The van der Waals surface area contributed by atoms with Gasteiger partial charge in [-0.3, -0.25) is 4.79 Å². The van der Waals surface area contributed by atoms with Gasteiger partial charge in [0.1, 0.15) is 12.4 Å². The number of ether oxygens (including phenoxy) is 2. The molecule has 28 heavy (non-hydrogen) atoms. The fourth-order valence-electron chi connectivity index (χ4n) is 3.13. The molecule has 0 fully saturated rings. The van der Waals surface area contributed by atoms with Crippen LogP contribution in [0.4, 0.5) is 10.1 Å². The summed E-state index contributed by atoms with van der Waals surface area (Å²) in [6.45, 7) is 0.227. The van der Waals surface area contributed by atoms with Gasteiger partial charge in [-0.15, -0.1) is 0 Å². The number of benzene rings is 3. The third kappa shape index (κ3) is 3.60. The van der Waals surface area contributed by atoms with Crippen molar-refractivity contribution >= 4 is 23.2 Å². The van der Waals surface area contributed by atoms with E-state index in [1.807, 2.05) is 42.5 Å². The minimum Gasteiger partial charge on any atom is -0.493 e. The maximum absolute atomic E-state index is 13.3. The first-order chi connectivity index (χ1) is 13.6. The fraction of sp³-hybridized carbons (Fsp3) is 0.0870.